The van der Waals surface area contributed by atoms with Crippen LogP contribution in [0.4, 0.5) is 39.5 Å². The first-order valence-electron chi connectivity index (χ1n) is 15.8. The van der Waals surface area contributed by atoms with Crippen LogP contribution in [0.25, 0.3) is 0 Å². The summed E-state index contributed by atoms with van der Waals surface area (Å²) in [7, 11) is 0. The molecule has 3 aromatic carbocycles. The average Bonchev–Trinajstić information content (AvgIpc) is 3.94. The Balaban J connectivity index is 0.986. The summed E-state index contributed by atoms with van der Waals surface area (Å²) in [6, 6.07) is 16.1. The predicted octanol–water partition coefficient (Wildman–Crippen LogP) is 9.80. The number of nitrogens with zero attached hydrogens (tertiary/aromatic N) is 6. The van der Waals surface area contributed by atoms with Crippen molar-refractivity contribution in [1.82, 2.24) is 0 Å². The molecule has 3 aliphatic heterocycles. The van der Waals surface area contributed by atoms with Gasteiger partial charge >= 0.3 is 35.5 Å². The first-order chi connectivity index (χ1) is 24.0. The minimum atomic E-state index is -4.65. The lowest BCUT2D eigenvalue weighted by atomic mass is 9.76. The Bertz CT molecular complexity index is 1590. The number of hydrogen-bond acceptors (Lipinski definition) is 9. The Kier molecular flexibility index (Phi) is 8.28. The van der Waals surface area contributed by atoms with Crippen molar-refractivity contribution in [2.45, 2.75) is 54.8 Å². The summed E-state index contributed by atoms with van der Waals surface area (Å²) < 4.78 is 138. The Hall–Kier alpha value is -4.77. The minimum Gasteiger partial charge on any atom is -0.493 e. The van der Waals surface area contributed by atoms with E-state index in [9.17, 15) is 39.5 Å². The quantitative estimate of drug-likeness (QED) is 0.174. The zero-order valence-corrected chi connectivity index (χ0v) is 26.2. The highest BCUT2D eigenvalue weighted by molar-refractivity contribution is 5.37. The fourth-order valence-corrected chi connectivity index (χ4v) is 6.43. The third-order valence-corrected chi connectivity index (χ3v) is 9.31. The van der Waals surface area contributed by atoms with Crippen molar-refractivity contribution >= 4 is 0 Å². The van der Waals surface area contributed by atoms with Crippen molar-refractivity contribution in [3.05, 3.63) is 89.5 Å². The first kappa shape index (κ1) is 34.7. The van der Waals surface area contributed by atoms with Gasteiger partial charge in [0.2, 0.25) is 0 Å². The molecule has 18 heteroatoms. The number of alkyl halides is 9. The molecular formula is C33H27F9N6O3. The lowest BCUT2D eigenvalue weighted by Gasteiger charge is -2.34. The Labute approximate surface area is 283 Å². The van der Waals surface area contributed by atoms with Gasteiger partial charge < -0.3 is 14.2 Å². The van der Waals surface area contributed by atoms with Crippen LogP contribution in [0.1, 0.15) is 36.0 Å². The summed E-state index contributed by atoms with van der Waals surface area (Å²) in [6.45, 7) is 0.649. The molecule has 0 radical (unpaired) electrons. The molecule has 0 spiro atoms. The number of halogens is 9. The Morgan fingerprint density at radius 2 is 0.627 bits per heavy atom. The Morgan fingerprint density at radius 3 is 0.804 bits per heavy atom. The van der Waals surface area contributed by atoms with E-state index in [2.05, 4.69) is 30.7 Å². The summed E-state index contributed by atoms with van der Waals surface area (Å²) in [6.07, 6.45) is -12.1. The van der Waals surface area contributed by atoms with E-state index >= 15 is 0 Å². The highest BCUT2D eigenvalue weighted by atomic mass is 19.4. The standard InChI is InChI=1S/C33H27F9N6O3/c34-31(35,36)28(43-44-28)22-1-7-25(8-2-22)49-16-19-13-20(17-50-26-9-3-23(4-10-26)29(45-46-29)32(37,38)39)15-21(14-19)18-51-27-11-5-24(6-12-27)30(47-48-30)33(40,41)42/h1-12,19-21H,13-18H2. The van der Waals surface area contributed by atoms with Crippen LogP contribution in [0.5, 0.6) is 17.2 Å². The van der Waals surface area contributed by atoms with Crippen molar-refractivity contribution in [3.8, 4) is 17.2 Å². The van der Waals surface area contributed by atoms with Gasteiger partial charge in [0.1, 0.15) is 17.2 Å². The van der Waals surface area contributed by atoms with Crippen molar-refractivity contribution in [3.63, 3.8) is 0 Å². The van der Waals surface area contributed by atoms with Gasteiger partial charge in [-0.3, -0.25) is 0 Å². The van der Waals surface area contributed by atoms with Crippen LogP contribution < -0.4 is 14.2 Å². The van der Waals surface area contributed by atoms with Gasteiger partial charge in [-0.2, -0.15) is 39.5 Å². The third kappa shape index (κ3) is 6.71. The van der Waals surface area contributed by atoms with Gasteiger partial charge in [0.25, 0.3) is 0 Å². The Morgan fingerprint density at radius 1 is 0.412 bits per heavy atom. The molecule has 0 aromatic heterocycles. The molecule has 0 unspecified atom stereocenters. The summed E-state index contributed by atoms with van der Waals surface area (Å²) in [5.74, 6) is 0.901. The molecule has 0 N–H and O–H groups in total. The van der Waals surface area contributed by atoms with Crippen LogP contribution in [0.3, 0.4) is 0 Å². The van der Waals surface area contributed by atoms with Crippen LogP contribution in [0.2, 0.25) is 0 Å². The number of hydrogen-bond donors (Lipinski definition) is 0. The smallest absolute Gasteiger partial charge is 0.442 e. The molecule has 3 aromatic rings. The van der Waals surface area contributed by atoms with Gasteiger partial charge in [0.15, 0.2) is 0 Å². The highest BCUT2D eigenvalue weighted by Gasteiger charge is 2.66. The molecule has 51 heavy (non-hydrogen) atoms. The maximum atomic E-state index is 13.4. The third-order valence-electron chi connectivity index (χ3n) is 9.31. The van der Waals surface area contributed by atoms with E-state index < -0.39 is 35.5 Å². The SMILES string of the molecule is FC(F)(F)C1(c2ccc(OCC3CC(COc4ccc(C5(C(F)(F)F)N=N5)cc4)CC(COc4ccc(C5(C(F)(F)F)N=N5)cc4)C3)cc2)N=N1. The zero-order chi connectivity index (χ0) is 36.3. The highest BCUT2D eigenvalue weighted by Crippen LogP contribution is 2.54. The van der Waals surface area contributed by atoms with Crippen LogP contribution in [-0.2, 0) is 17.0 Å². The largest absolute Gasteiger partial charge is 0.493 e. The maximum absolute atomic E-state index is 13.4. The van der Waals surface area contributed by atoms with Gasteiger partial charge in [-0.05, 0) is 73.4 Å². The van der Waals surface area contributed by atoms with Crippen LogP contribution in [0, 0.1) is 17.8 Å². The molecule has 1 fully saturated rings. The summed E-state index contributed by atoms with van der Waals surface area (Å²) in [5, 5.41) is 19.2. The average molecular weight is 727 g/mol. The monoisotopic (exact) mass is 726 g/mol. The fraction of sp³-hybridized carbons (Fsp3) is 0.455. The van der Waals surface area contributed by atoms with Crippen molar-refractivity contribution in [2.24, 2.45) is 48.4 Å². The van der Waals surface area contributed by atoms with Gasteiger partial charge in [-0.1, -0.05) is 36.4 Å². The van der Waals surface area contributed by atoms with E-state index in [1.54, 1.807) is 0 Å². The second-order valence-electron chi connectivity index (χ2n) is 12.9. The molecule has 0 amide bonds. The molecule has 270 valence electrons. The summed E-state index contributed by atoms with van der Waals surface area (Å²) in [5.41, 5.74) is -8.00. The molecule has 0 atom stereocenters. The van der Waals surface area contributed by atoms with Gasteiger partial charge in [-0.15, -0.1) is 30.7 Å². The van der Waals surface area contributed by atoms with Crippen molar-refractivity contribution < 1.29 is 53.7 Å². The van der Waals surface area contributed by atoms with E-state index in [4.69, 9.17) is 14.2 Å². The lowest BCUT2D eigenvalue weighted by Crippen LogP contribution is -2.32. The molecular weight excluding hydrogens is 699 g/mol. The van der Waals surface area contributed by atoms with Crippen LogP contribution in [-0.4, -0.2) is 38.3 Å². The summed E-state index contributed by atoms with van der Waals surface area (Å²) >= 11 is 0. The molecule has 1 saturated carbocycles. The number of ether oxygens (including phenoxy) is 3. The van der Waals surface area contributed by atoms with E-state index in [0.29, 0.717) is 36.5 Å². The zero-order valence-electron chi connectivity index (χ0n) is 26.2. The molecule has 3 heterocycles. The van der Waals surface area contributed by atoms with E-state index in [1.807, 2.05) is 0 Å². The number of rotatable bonds is 12. The van der Waals surface area contributed by atoms with Gasteiger partial charge in [-0.25, -0.2) is 0 Å². The first-order valence-corrected chi connectivity index (χ1v) is 15.8. The normalized spacial score (nSPS) is 23.8. The van der Waals surface area contributed by atoms with Crippen molar-refractivity contribution in [1.29, 1.82) is 0 Å². The topological polar surface area (TPSA) is 102 Å². The number of benzene rings is 3. The van der Waals surface area contributed by atoms with Gasteiger partial charge in [0, 0.05) is 16.7 Å². The molecule has 0 bridgehead atoms. The molecule has 4 aliphatic rings. The van der Waals surface area contributed by atoms with Crippen molar-refractivity contribution in [2.75, 3.05) is 19.8 Å². The van der Waals surface area contributed by atoms with E-state index in [-0.39, 0.29) is 54.3 Å². The molecule has 9 nitrogen and oxygen atoms in total. The molecule has 0 saturated heterocycles. The maximum Gasteiger partial charge on any atom is 0.442 e. The second kappa shape index (κ2) is 12.2. The summed E-state index contributed by atoms with van der Waals surface area (Å²) in [4.78, 5) is 0. The van der Waals surface area contributed by atoms with E-state index in [0.717, 1.165) is 0 Å². The predicted molar refractivity (Wildman–Crippen MR) is 158 cm³/mol. The molecule has 1 aliphatic carbocycles. The van der Waals surface area contributed by atoms with Crippen LogP contribution >= 0.6 is 0 Å². The molecule has 7 rings (SSSR count). The fourth-order valence-electron chi connectivity index (χ4n) is 6.43. The van der Waals surface area contributed by atoms with E-state index in [1.165, 1.54) is 72.8 Å². The lowest BCUT2D eigenvalue weighted by molar-refractivity contribution is -0.166. The van der Waals surface area contributed by atoms with Crippen LogP contribution in [0.15, 0.2) is 103 Å². The minimum absolute atomic E-state index is 0.0465. The second-order valence-corrected chi connectivity index (χ2v) is 12.9. The van der Waals surface area contributed by atoms with Gasteiger partial charge in [0.05, 0.1) is 19.8 Å².